The van der Waals surface area contributed by atoms with Gasteiger partial charge in [-0.15, -0.1) is 11.3 Å². The molecule has 4 nitrogen and oxygen atoms in total. The van der Waals surface area contributed by atoms with Crippen molar-refractivity contribution in [3.8, 4) is 0 Å². The van der Waals surface area contributed by atoms with Crippen molar-refractivity contribution in [2.75, 3.05) is 14.1 Å². The van der Waals surface area contributed by atoms with Gasteiger partial charge in [-0.05, 0) is 44.8 Å². The standard InChI is InChI=1S/C14H19N3OS/c1-8-4-5-9-10(6-8)19-14-12(9)13(18)15-11(16-14)7-17(2)3/h8H,4-7H2,1-3H3,(H,15,16,18). The summed E-state index contributed by atoms with van der Waals surface area (Å²) >= 11 is 1.71. The maximum Gasteiger partial charge on any atom is 0.259 e. The number of rotatable bonds is 2. The molecule has 0 aromatic carbocycles. The number of aromatic amines is 1. The lowest BCUT2D eigenvalue weighted by molar-refractivity contribution is 0.390. The molecule has 0 radical (unpaired) electrons. The topological polar surface area (TPSA) is 49.0 Å². The van der Waals surface area contributed by atoms with Gasteiger partial charge in [0.15, 0.2) is 0 Å². The van der Waals surface area contributed by atoms with E-state index in [1.165, 1.54) is 16.9 Å². The lowest BCUT2D eigenvalue weighted by atomic mass is 9.89. The molecule has 1 unspecified atom stereocenters. The number of aromatic nitrogens is 2. The summed E-state index contributed by atoms with van der Waals surface area (Å²) in [6.45, 7) is 2.95. The number of hydrogen-bond acceptors (Lipinski definition) is 4. The monoisotopic (exact) mass is 277 g/mol. The number of hydrogen-bond donors (Lipinski definition) is 1. The Hall–Kier alpha value is -1.20. The van der Waals surface area contributed by atoms with Gasteiger partial charge < -0.3 is 9.88 Å². The molecule has 2 aromatic heterocycles. The highest BCUT2D eigenvalue weighted by Crippen LogP contribution is 2.35. The van der Waals surface area contributed by atoms with Gasteiger partial charge in [0, 0.05) is 4.88 Å². The van der Waals surface area contributed by atoms with Crippen LogP contribution in [0.3, 0.4) is 0 Å². The Balaban J connectivity index is 2.14. The lowest BCUT2D eigenvalue weighted by Gasteiger charge is -2.17. The van der Waals surface area contributed by atoms with E-state index in [0.29, 0.717) is 6.54 Å². The van der Waals surface area contributed by atoms with Crippen LogP contribution >= 0.6 is 11.3 Å². The summed E-state index contributed by atoms with van der Waals surface area (Å²) in [7, 11) is 3.95. The molecule has 2 heterocycles. The SMILES string of the molecule is CC1CCc2c(sc3nc(CN(C)C)[nH]c(=O)c23)C1. The molecule has 3 rings (SSSR count). The average Bonchev–Trinajstić information content (AvgIpc) is 2.65. The fourth-order valence-electron chi connectivity index (χ4n) is 2.77. The summed E-state index contributed by atoms with van der Waals surface area (Å²) in [5.41, 5.74) is 1.29. The van der Waals surface area contributed by atoms with Crippen LogP contribution in [0.5, 0.6) is 0 Å². The number of thiophene rings is 1. The Kier molecular flexibility index (Phi) is 3.19. The Morgan fingerprint density at radius 3 is 3.00 bits per heavy atom. The van der Waals surface area contributed by atoms with Gasteiger partial charge in [-0.3, -0.25) is 4.79 Å². The van der Waals surface area contributed by atoms with Gasteiger partial charge in [-0.25, -0.2) is 4.98 Å². The van der Waals surface area contributed by atoms with Crippen molar-refractivity contribution in [1.29, 1.82) is 0 Å². The van der Waals surface area contributed by atoms with Gasteiger partial charge in [0.1, 0.15) is 10.7 Å². The fraction of sp³-hybridized carbons (Fsp3) is 0.571. The normalized spacial score (nSPS) is 19.1. The molecule has 0 fully saturated rings. The quantitative estimate of drug-likeness (QED) is 0.915. The van der Waals surface area contributed by atoms with E-state index in [-0.39, 0.29) is 5.56 Å². The molecule has 1 atom stereocenters. The van der Waals surface area contributed by atoms with Crippen LogP contribution in [0.1, 0.15) is 29.6 Å². The summed E-state index contributed by atoms with van der Waals surface area (Å²) < 4.78 is 0. The Labute approximate surface area is 116 Å². The van der Waals surface area contributed by atoms with Crippen LogP contribution in [0, 0.1) is 5.92 Å². The van der Waals surface area contributed by atoms with Crippen LogP contribution in [-0.2, 0) is 19.4 Å². The van der Waals surface area contributed by atoms with E-state index in [0.717, 1.165) is 34.8 Å². The largest absolute Gasteiger partial charge is 0.309 e. The molecule has 5 heteroatoms. The van der Waals surface area contributed by atoms with Crippen LogP contribution in [0.15, 0.2) is 4.79 Å². The zero-order valence-electron chi connectivity index (χ0n) is 11.6. The Morgan fingerprint density at radius 2 is 2.26 bits per heavy atom. The number of nitrogens with one attached hydrogen (secondary N) is 1. The molecule has 19 heavy (non-hydrogen) atoms. The summed E-state index contributed by atoms with van der Waals surface area (Å²) in [5, 5.41) is 0.842. The van der Waals surface area contributed by atoms with Crippen LogP contribution < -0.4 is 5.56 Å². The van der Waals surface area contributed by atoms with E-state index >= 15 is 0 Å². The second-order valence-electron chi connectivity index (χ2n) is 5.78. The predicted octanol–water partition coefficient (Wildman–Crippen LogP) is 2.17. The van der Waals surface area contributed by atoms with Crippen molar-refractivity contribution in [1.82, 2.24) is 14.9 Å². The van der Waals surface area contributed by atoms with E-state index < -0.39 is 0 Å². The third kappa shape index (κ3) is 2.32. The van der Waals surface area contributed by atoms with Gasteiger partial charge >= 0.3 is 0 Å². The molecule has 1 aliphatic rings. The highest BCUT2D eigenvalue weighted by Gasteiger charge is 2.22. The van der Waals surface area contributed by atoms with Gasteiger partial charge in [-0.2, -0.15) is 0 Å². The second-order valence-corrected chi connectivity index (χ2v) is 6.87. The van der Waals surface area contributed by atoms with E-state index in [1.807, 2.05) is 19.0 Å². The molecule has 1 N–H and O–H groups in total. The Bertz CT molecular complexity index is 671. The van der Waals surface area contributed by atoms with Crippen molar-refractivity contribution in [2.24, 2.45) is 5.92 Å². The van der Waals surface area contributed by atoms with Gasteiger partial charge in [0.25, 0.3) is 5.56 Å². The molecule has 2 aromatic rings. The number of H-pyrrole nitrogens is 1. The van der Waals surface area contributed by atoms with E-state index in [4.69, 9.17) is 0 Å². The molecule has 0 bridgehead atoms. The molecular weight excluding hydrogens is 258 g/mol. The smallest absolute Gasteiger partial charge is 0.259 e. The van der Waals surface area contributed by atoms with Gasteiger partial charge in [0.05, 0.1) is 11.9 Å². The maximum atomic E-state index is 12.3. The highest BCUT2D eigenvalue weighted by molar-refractivity contribution is 7.18. The molecule has 0 saturated heterocycles. The van der Waals surface area contributed by atoms with Gasteiger partial charge in [-0.1, -0.05) is 6.92 Å². The fourth-order valence-corrected chi connectivity index (χ4v) is 4.17. The van der Waals surface area contributed by atoms with Crippen molar-refractivity contribution in [3.05, 3.63) is 26.6 Å². The molecule has 0 aliphatic heterocycles. The minimum atomic E-state index is 0.0360. The minimum Gasteiger partial charge on any atom is -0.309 e. The zero-order valence-corrected chi connectivity index (χ0v) is 12.4. The van der Waals surface area contributed by atoms with Crippen LogP contribution in [0.25, 0.3) is 10.2 Å². The zero-order chi connectivity index (χ0) is 13.6. The summed E-state index contributed by atoms with van der Waals surface area (Å²) in [5.74, 6) is 1.48. The number of fused-ring (bicyclic) bond motifs is 3. The second kappa shape index (κ2) is 4.72. The van der Waals surface area contributed by atoms with Crippen molar-refractivity contribution >= 4 is 21.6 Å². The molecule has 1 aliphatic carbocycles. The van der Waals surface area contributed by atoms with E-state index in [2.05, 4.69) is 16.9 Å². The van der Waals surface area contributed by atoms with Crippen molar-refractivity contribution < 1.29 is 0 Å². The number of aryl methyl sites for hydroxylation is 1. The molecule has 102 valence electrons. The lowest BCUT2D eigenvalue weighted by Crippen LogP contribution is -2.19. The molecule has 0 spiro atoms. The first-order valence-electron chi connectivity index (χ1n) is 6.72. The third-order valence-electron chi connectivity index (χ3n) is 3.68. The summed E-state index contributed by atoms with van der Waals surface area (Å²) in [4.78, 5) is 24.1. The molecular formula is C14H19N3OS. The van der Waals surface area contributed by atoms with Crippen LogP contribution in [-0.4, -0.2) is 29.0 Å². The predicted molar refractivity (Wildman–Crippen MR) is 78.8 cm³/mol. The minimum absolute atomic E-state index is 0.0360. The first-order chi connectivity index (χ1) is 9.04. The van der Waals surface area contributed by atoms with Crippen molar-refractivity contribution in [2.45, 2.75) is 32.7 Å². The summed E-state index contributed by atoms with van der Waals surface area (Å²) in [6, 6.07) is 0. The first-order valence-corrected chi connectivity index (χ1v) is 7.54. The van der Waals surface area contributed by atoms with Crippen molar-refractivity contribution in [3.63, 3.8) is 0 Å². The van der Waals surface area contributed by atoms with Crippen LogP contribution in [0.4, 0.5) is 0 Å². The Morgan fingerprint density at radius 1 is 1.47 bits per heavy atom. The van der Waals surface area contributed by atoms with E-state index in [1.54, 1.807) is 11.3 Å². The first kappa shape index (κ1) is 12.8. The molecule has 0 saturated carbocycles. The molecule has 0 amide bonds. The number of nitrogens with zero attached hydrogens (tertiary/aromatic N) is 2. The van der Waals surface area contributed by atoms with Crippen LogP contribution in [0.2, 0.25) is 0 Å². The summed E-state index contributed by atoms with van der Waals surface area (Å²) in [6.07, 6.45) is 3.30. The third-order valence-corrected chi connectivity index (χ3v) is 4.83. The average molecular weight is 277 g/mol. The highest BCUT2D eigenvalue weighted by atomic mass is 32.1. The maximum absolute atomic E-state index is 12.3. The van der Waals surface area contributed by atoms with E-state index in [9.17, 15) is 4.79 Å². The van der Waals surface area contributed by atoms with Gasteiger partial charge in [0.2, 0.25) is 0 Å².